The topological polar surface area (TPSA) is 66.4 Å². The van der Waals surface area contributed by atoms with E-state index < -0.39 is 5.60 Å². The monoisotopic (exact) mass is 374 g/mol. The first kappa shape index (κ1) is 19.3. The zero-order chi connectivity index (χ0) is 19.4. The molecule has 2 aliphatic rings. The van der Waals surface area contributed by atoms with E-state index in [2.05, 4.69) is 27.3 Å². The van der Waals surface area contributed by atoms with Crippen LogP contribution in [0.2, 0.25) is 0 Å². The number of fused-ring (bicyclic) bond motifs is 1. The minimum absolute atomic E-state index is 0.227. The third-order valence-electron chi connectivity index (χ3n) is 4.69. The molecule has 3 rings (SSSR count). The summed E-state index contributed by atoms with van der Waals surface area (Å²) in [5.74, 6) is 1.82. The van der Waals surface area contributed by atoms with Crippen molar-refractivity contribution in [3.05, 3.63) is 29.8 Å². The van der Waals surface area contributed by atoms with Crippen molar-refractivity contribution in [2.24, 2.45) is 4.99 Å². The summed E-state index contributed by atoms with van der Waals surface area (Å²) in [7, 11) is 1.68. The average molecular weight is 374 g/mol. The Balaban J connectivity index is 1.47. The Kier molecular flexibility index (Phi) is 5.77. The highest BCUT2D eigenvalue weighted by molar-refractivity contribution is 5.82. The number of nitrogens with one attached hydrogen (secondary N) is 1. The van der Waals surface area contributed by atoms with Crippen molar-refractivity contribution in [2.75, 3.05) is 39.8 Å². The Bertz CT molecular complexity index is 699. The zero-order valence-electron chi connectivity index (χ0n) is 16.7. The molecule has 7 heteroatoms. The predicted octanol–water partition coefficient (Wildman–Crippen LogP) is 2.12. The van der Waals surface area contributed by atoms with Crippen molar-refractivity contribution in [2.45, 2.75) is 38.8 Å². The van der Waals surface area contributed by atoms with Crippen molar-refractivity contribution >= 4 is 12.1 Å². The summed E-state index contributed by atoms with van der Waals surface area (Å²) < 4.78 is 10.8. The summed E-state index contributed by atoms with van der Waals surface area (Å²) in [5, 5.41) is 3.45. The predicted molar refractivity (Wildman–Crippen MR) is 105 cm³/mol. The van der Waals surface area contributed by atoms with Gasteiger partial charge in [0, 0.05) is 26.2 Å². The molecule has 0 radical (unpaired) electrons. The normalized spacial score (nSPS) is 19.4. The number of carbonyl (C=O) groups is 1. The molecule has 148 valence electrons. The van der Waals surface area contributed by atoms with E-state index in [0.29, 0.717) is 19.6 Å². The van der Waals surface area contributed by atoms with Crippen molar-refractivity contribution in [1.29, 1.82) is 0 Å². The maximum Gasteiger partial charge on any atom is 0.410 e. The number of nitrogens with zero attached hydrogens (tertiary/aromatic N) is 3. The van der Waals surface area contributed by atoms with Gasteiger partial charge in [-0.25, -0.2) is 4.79 Å². The molecule has 1 aromatic rings. The van der Waals surface area contributed by atoms with Gasteiger partial charge >= 0.3 is 6.09 Å². The van der Waals surface area contributed by atoms with E-state index in [0.717, 1.165) is 31.2 Å². The fourth-order valence-electron chi connectivity index (χ4n) is 3.37. The molecule has 0 spiro atoms. The molecule has 27 heavy (non-hydrogen) atoms. The Hall–Kier alpha value is -2.44. The van der Waals surface area contributed by atoms with Gasteiger partial charge in [0.1, 0.15) is 11.4 Å². The smallest absolute Gasteiger partial charge is 0.410 e. The fraction of sp³-hybridized carbons (Fsp3) is 0.600. The summed E-state index contributed by atoms with van der Waals surface area (Å²) in [6.07, 6.45) is 0.667. The number of rotatable bonds is 4. The summed E-state index contributed by atoms with van der Waals surface area (Å²) >= 11 is 0. The van der Waals surface area contributed by atoms with Gasteiger partial charge in [-0.2, -0.15) is 0 Å². The quantitative estimate of drug-likeness (QED) is 0.874. The minimum atomic E-state index is -0.465. The molecule has 1 N–H and O–H groups in total. The molecule has 0 aromatic heterocycles. The Morgan fingerprint density at radius 3 is 2.89 bits per heavy atom. The minimum Gasteiger partial charge on any atom is -0.497 e. The van der Waals surface area contributed by atoms with Crippen molar-refractivity contribution < 1.29 is 14.3 Å². The molecule has 1 amide bonds. The number of piperazine rings is 1. The Morgan fingerprint density at radius 2 is 2.15 bits per heavy atom. The molecule has 0 aliphatic carbocycles. The fourth-order valence-corrected chi connectivity index (χ4v) is 3.37. The van der Waals surface area contributed by atoms with E-state index in [1.54, 1.807) is 12.0 Å². The standard InChI is InChI=1S/C20H30N4O3/c1-20(2,3)27-19(25)23-10-11-24-16(14-23)13-22-18(24)21-9-8-15-6-5-7-17(12-15)26-4/h5-7,12,16H,8-11,13-14H2,1-4H3,(H,21,22). The Morgan fingerprint density at radius 1 is 1.33 bits per heavy atom. The molecule has 1 atom stereocenters. The number of hydrogen-bond acceptors (Lipinski definition) is 6. The molecule has 1 unspecified atom stereocenters. The average Bonchev–Trinajstić information content (AvgIpc) is 3.03. The maximum atomic E-state index is 12.3. The van der Waals surface area contributed by atoms with Crippen LogP contribution < -0.4 is 10.1 Å². The number of carbonyl (C=O) groups excluding carboxylic acids is 1. The number of guanidine groups is 1. The summed E-state index contributed by atoms with van der Waals surface area (Å²) in [5.41, 5.74) is 0.763. The van der Waals surface area contributed by atoms with Crippen molar-refractivity contribution in [1.82, 2.24) is 15.1 Å². The van der Waals surface area contributed by atoms with Gasteiger partial charge < -0.3 is 24.6 Å². The first-order valence-corrected chi connectivity index (χ1v) is 9.51. The first-order chi connectivity index (χ1) is 12.9. The molecular weight excluding hydrogens is 344 g/mol. The summed E-state index contributed by atoms with van der Waals surface area (Å²) in [4.78, 5) is 21.0. The lowest BCUT2D eigenvalue weighted by molar-refractivity contribution is 0.0137. The lowest BCUT2D eigenvalue weighted by atomic mass is 10.1. The SMILES string of the molecule is COc1cccc(CCNC2=NCC3CN(C(=O)OC(C)(C)C)CCN23)c1. The lowest BCUT2D eigenvalue weighted by Gasteiger charge is -2.39. The van der Waals surface area contributed by atoms with Crippen LogP contribution in [0.25, 0.3) is 0 Å². The third kappa shape index (κ3) is 5.05. The van der Waals surface area contributed by atoms with Gasteiger partial charge in [0.15, 0.2) is 5.96 Å². The highest BCUT2D eigenvalue weighted by Gasteiger charge is 2.36. The van der Waals surface area contributed by atoms with Gasteiger partial charge in [0.05, 0.1) is 19.7 Å². The van der Waals surface area contributed by atoms with E-state index in [4.69, 9.17) is 9.47 Å². The van der Waals surface area contributed by atoms with Gasteiger partial charge in [-0.05, 0) is 44.9 Å². The second kappa shape index (κ2) is 8.06. The van der Waals surface area contributed by atoms with Gasteiger partial charge in [-0.3, -0.25) is 4.99 Å². The molecule has 0 bridgehead atoms. The molecule has 1 saturated heterocycles. The largest absolute Gasteiger partial charge is 0.497 e. The molecule has 0 saturated carbocycles. The zero-order valence-corrected chi connectivity index (χ0v) is 16.7. The van der Waals surface area contributed by atoms with Crippen LogP contribution in [0.3, 0.4) is 0 Å². The number of amides is 1. The second-order valence-corrected chi connectivity index (χ2v) is 7.97. The molecule has 7 nitrogen and oxygen atoms in total. The molecular formula is C20H30N4O3. The van der Waals surface area contributed by atoms with Gasteiger partial charge in [0.2, 0.25) is 0 Å². The maximum absolute atomic E-state index is 12.3. The number of ether oxygens (including phenoxy) is 2. The lowest BCUT2D eigenvalue weighted by Crippen LogP contribution is -2.57. The molecule has 2 heterocycles. The number of methoxy groups -OCH3 is 1. The van der Waals surface area contributed by atoms with Gasteiger partial charge in [-0.15, -0.1) is 0 Å². The van der Waals surface area contributed by atoms with Crippen molar-refractivity contribution in [3.63, 3.8) is 0 Å². The first-order valence-electron chi connectivity index (χ1n) is 9.51. The van der Waals surface area contributed by atoms with Crippen LogP contribution >= 0.6 is 0 Å². The number of aliphatic imine (C=N–C) groups is 1. The van der Waals surface area contributed by atoms with Crippen LogP contribution in [-0.4, -0.2) is 73.3 Å². The van der Waals surface area contributed by atoms with E-state index in [1.165, 1.54) is 5.56 Å². The third-order valence-corrected chi connectivity index (χ3v) is 4.69. The van der Waals surface area contributed by atoms with Crippen molar-refractivity contribution in [3.8, 4) is 5.75 Å². The molecule has 1 aromatic carbocycles. The van der Waals surface area contributed by atoms with Gasteiger partial charge in [-0.1, -0.05) is 12.1 Å². The van der Waals surface area contributed by atoms with Crippen LogP contribution in [-0.2, 0) is 11.2 Å². The van der Waals surface area contributed by atoms with E-state index in [-0.39, 0.29) is 12.1 Å². The molecule has 2 aliphatic heterocycles. The highest BCUT2D eigenvalue weighted by Crippen LogP contribution is 2.19. The van der Waals surface area contributed by atoms with E-state index >= 15 is 0 Å². The van der Waals surface area contributed by atoms with Crippen LogP contribution in [0.15, 0.2) is 29.3 Å². The number of hydrogen-bond donors (Lipinski definition) is 1. The van der Waals surface area contributed by atoms with E-state index in [9.17, 15) is 4.79 Å². The highest BCUT2D eigenvalue weighted by atomic mass is 16.6. The van der Waals surface area contributed by atoms with E-state index in [1.807, 2.05) is 32.9 Å². The van der Waals surface area contributed by atoms with Crippen LogP contribution in [0, 0.1) is 0 Å². The summed E-state index contributed by atoms with van der Waals surface area (Å²) in [6, 6.07) is 8.34. The Labute approximate surface area is 161 Å². The van der Waals surface area contributed by atoms with Crippen LogP contribution in [0.5, 0.6) is 5.75 Å². The van der Waals surface area contributed by atoms with Crippen LogP contribution in [0.4, 0.5) is 4.79 Å². The summed E-state index contributed by atoms with van der Waals surface area (Å²) in [6.45, 7) is 9.28. The van der Waals surface area contributed by atoms with Gasteiger partial charge in [0.25, 0.3) is 0 Å². The van der Waals surface area contributed by atoms with Crippen LogP contribution in [0.1, 0.15) is 26.3 Å². The second-order valence-electron chi connectivity index (χ2n) is 7.97. The number of benzene rings is 1. The molecule has 1 fully saturated rings.